The molecule has 1 aromatic heterocycles. The van der Waals surface area contributed by atoms with Crippen molar-refractivity contribution in [3.05, 3.63) is 18.2 Å². The van der Waals surface area contributed by atoms with Crippen LogP contribution >= 0.6 is 0 Å². The van der Waals surface area contributed by atoms with Gasteiger partial charge in [-0.3, -0.25) is 0 Å². The zero-order valence-corrected chi connectivity index (χ0v) is 15.1. The Balaban J connectivity index is 1.36. The van der Waals surface area contributed by atoms with Crippen molar-refractivity contribution in [2.24, 2.45) is 13.0 Å². The summed E-state index contributed by atoms with van der Waals surface area (Å²) in [5.74, 6) is 2.23. The molecule has 6 heteroatoms. The number of urea groups is 1. The van der Waals surface area contributed by atoms with Gasteiger partial charge in [0.2, 0.25) is 0 Å². The average molecular weight is 333 g/mol. The number of aryl methyl sites for hydroxylation is 1. The Morgan fingerprint density at radius 3 is 2.75 bits per heavy atom. The first-order chi connectivity index (χ1) is 11.7. The summed E-state index contributed by atoms with van der Waals surface area (Å²) in [4.78, 5) is 21.2. The molecular weight excluding hydrogens is 302 g/mol. The first-order valence-corrected chi connectivity index (χ1v) is 9.39. The maximum Gasteiger partial charge on any atom is 0.317 e. The molecule has 1 aromatic rings. The maximum absolute atomic E-state index is 12.4. The maximum atomic E-state index is 12.4. The number of hydrogen-bond acceptors (Lipinski definition) is 3. The lowest BCUT2D eigenvalue weighted by Crippen LogP contribution is -2.40. The fourth-order valence-electron chi connectivity index (χ4n) is 4.01. The summed E-state index contributed by atoms with van der Waals surface area (Å²) >= 11 is 0. The molecule has 0 spiro atoms. The third kappa shape index (κ3) is 4.09. The first-order valence-electron chi connectivity index (χ1n) is 9.39. The monoisotopic (exact) mass is 333 g/mol. The summed E-state index contributed by atoms with van der Waals surface area (Å²) in [6, 6.07) is 0.0951. The predicted octanol–water partition coefficient (Wildman–Crippen LogP) is 2.04. The fraction of sp³-hybridized carbons (Fsp3) is 0.778. The molecule has 2 fully saturated rings. The van der Waals surface area contributed by atoms with Crippen LogP contribution in [0, 0.1) is 5.92 Å². The summed E-state index contributed by atoms with van der Waals surface area (Å²) in [5.41, 5.74) is 0. The highest BCUT2D eigenvalue weighted by Crippen LogP contribution is 2.25. The average Bonchev–Trinajstić information content (AvgIpc) is 3.24. The molecule has 1 atom stereocenters. The molecule has 0 radical (unpaired) electrons. The van der Waals surface area contributed by atoms with Crippen LogP contribution < -0.4 is 5.32 Å². The van der Waals surface area contributed by atoms with Gasteiger partial charge in [-0.15, -0.1) is 0 Å². The van der Waals surface area contributed by atoms with Crippen molar-refractivity contribution < 1.29 is 4.79 Å². The number of imidazole rings is 1. The first kappa shape index (κ1) is 17.3. The standard InChI is InChI=1S/C18H31N5O/c1-3-22-10-5-15(6-11-22)4-8-20-18(24)23-12-7-16(14-23)17-19-9-13-21(17)2/h9,13,15-16H,3-8,10-12,14H2,1-2H3,(H,20,24). The van der Waals surface area contributed by atoms with Crippen LogP contribution in [0.2, 0.25) is 0 Å². The number of carbonyl (C=O) groups is 1. The number of nitrogens with one attached hydrogen (secondary N) is 1. The molecule has 0 saturated carbocycles. The molecule has 0 bridgehead atoms. The van der Waals surface area contributed by atoms with Crippen LogP contribution in [-0.2, 0) is 7.05 Å². The highest BCUT2D eigenvalue weighted by atomic mass is 16.2. The zero-order valence-electron chi connectivity index (χ0n) is 15.1. The molecule has 1 N–H and O–H groups in total. The summed E-state index contributed by atoms with van der Waals surface area (Å²) in [6.07, 6.45) is 8.47. The lowest BCUT2D eigenvalue weighted by molar-refractivity contribution is 0.183. The van der Waals surface area contributed by atoms with Crippen LogP contribution in [-0.4, -0.2) is 64.7 Å². The van der Waals surface area contributed by atoms with Gasteiger partial charge in [0.1, 0.15) is 5.82 Å². The Hall–Kier alpha value is -1.56. The van der Waals surface area contributed by atoms with E-state index in [-0.39, 0.29) is 6.03 Å². The van der Waals surface area contributed by atoms with E-state index < -0.39 is 0 Å². The van der Waals surface area contributed by atoms with Gasteiger partial charge in [-0.1, -0.05) is 6.92 Å². The van der Waals surface area contributed by atoms with Crippen molar-refractivity contribution in [3.63, 3.8) is 0 Å². The third-order valence-corrected chi connectivity index (χ3v) is 5.68. The van der Waals surface area contributed by atoms with E-state index in [1.165, 1.54) is 25.9 Å². The number of hydrogen-bond donors (Lipinski definition) is 1. The number of rotatable bonds is 5. The van der Waals surface area contributed by atoms with Gasteiger partial charge in [-0.2, -0.15) is 0 Å². The van der Waals surface area contributed by atoms with Crippen LogP contribution in [0.15, 0.2) is 12.4 Å². The molecule has 2 aliphatic heterocycles. The molecule has 2 aliphatic rings. The molecule has 0 aromatic carbocycles. The Bertz CT molecular complexity index is 535. The van der Waals surface area contributed by atoms with Crippen LogP contribution in [0.1, 0.15) is 44.3 Å². The van der Waals surface area contributed by atoms with E-state index in [2.05, 4.69) is 26.7 Å². The Morgan fingerprint density at radius 1 is 1.29 bits per heavy atom. The Morgan fingerprint density at radius 2 is 2.08 bits per heavy atom. The normalized spacial score (nSPS) is 22.9. The molecule has 1 unspecified atom stereocenters. The van der Waals surface area contributed by atoms with Gasteiger partial charge < -0.3 is 19.7 Å². The topological polar surface area (TPSA) is 53.4 Å². The van der Waals surface area contributed by atoms with Crippen LogP contribution in [0.4, 0.5) is 4.79 Å². The Labute approximate surface area is 145 Å². The van der Waals surface area contributed by atoms with E-state index in [9.17, 15) is 4.79 Å². The fourth-order valence-corrected chi connectivity index (χ4v) is 4.01. The lowest BCUT2D eigenvalue weighted by atomic mass is 9.93. The summed E-state index contributed by atoms with van der Waals surface area (Å²) in [5, 5.41) is 3.12. The zero-order chi connectivity index (χ0) is 16.9. The van der Waals surface area contributed by atoms with Crippen molar-refractivity contribution in [1.82, 2.24) is 24.7 Å². The molecule has 134 valence electrons. The molecule has 2 amide bonds. The van der Waals surface area contributed by atoms with E-state index in [1.807, 2.05) is 24.3 Å². The number of carbonyl (C=O) groups excluding carboxylic acids is 1. The molecule has 3 heterocycles. The molecule has 6 nitrogen and oxygen atoms in total. The van der Waals surface area contributed by atoms with E-state index in [4.69, 9.17) is 0 Å². The highest BCUT2D eigenvalue weighted by molar-refractivity contribution is 5.74. The summed E-state index contributed by atoms with van der Waals surface area (Å²) in [7, 11) is 2.02. The van der Waals surface area contributed by atoms with Crippen molar-refractivity contribution in [3.8, 4) is 0 Å². The van der Waals surface area contributed by atoms with Gasteiger partial charge in [0.25, 0.3) is 0 Å². The van der Waals surface area contributed by atoms with Gasteiger partial charge in [-0.05, 0) is 51.2 Å². The third-order valence-electron chi connectivity index (χ3n) is 5.68. The second kappa shape index (κ2) is 8.01. The number of nitrogens with zero attached hydrogens (tertiary/aromatic N) is 4. The minimum absolute atomic E-state index is 0.0951. The number of aromatic nitrogens is 2. The Kier molecular flexibility index (Phi) is 5.76. The minimum atomic E-state index is 0.0951. The largest absolute Gasteiger partial charge is 0.338 e. The highest BCUT2D eigenvalue weighted by Gasteiger charge is 2.29. The molecule has 2 saturated heterocycles. The molecular formula is C18H31N5O. The quantitative estimate of drug-likeness (QED) is 0.897. The second-order valence-electron chi connectivity index (χ2n) is 7.23. The van der Waals surface area contributed by atoms with E-state index in [1.54, 1.807) is 0 Å². The van der Waals surface area contributed by atoms with Crippen LogP contribution in [0.25, 0.3) is 0 Å². The minimum Gasteiger partial charge on any atom is -0.338 e. The van der Waals surface area contributed by atoms with Crippen LogP contribution in [0.3, 0.4) is 0 Å². The number of likely N-dealkylation sites (tertiary alicyclic amines) is 2. The van der Waals surface area contributed by atoms with Gasteiger partial charge in [0.15, 0.2) is 0 Å². The summed E-state index contributed by atoms with van der Waals surface area (Å²) in [6.45, 7) is 8.24. The lowest BCUT2D eigenvalue weighted by Gasteiger charge is -2.31. The number of piperidine rings is 1. The van der Waals surface area contributed by atoms with E-state index in [0.29, 0.717) is 5.92 Å². The predicted molar refractivity (Wildman–Crippen MR) is 95.0 cm³/mol. The van der Waals surface area contributed by atoms with Crippen molar-refractivity contribution in [1.29, 1.82) is 0 Å². The number of amides is 2. The molecule has 24 heavy (non-hydrogen) atoms. The SMILES string of the molecule is CCN1CCC(CCNC(=O)N2CCC(c3nccn3C)C2)CC1. The smallest absolute Gasteiger partial charge is 0.317 e. The van der Waals surface area contributed by atoms with Crippen molar-refractivity contribution in [2.45, 2.75) is 38.5 Å². The van der Waals surface area contributed by atoms with Gasteiger partial charge in [0.05, 0.1) is 0 Å². The van der Waals surface area contributed by atoms with Crippen molar-refractivity contribution >= 4 is 6.03 Å². The molecule has 0 aliphatic carbocycles. The second-order valence-corrected chi connectivity index (χ2v) is 7.23. The van der Waals surface area contributed by atoms with Gasteiger partial charge in [-0.25, -0.2) is 9.78 Å². The van der Waals surface area contributed by atoms with Crippen LogP contribution in [0.5, 0.6) is 0 Å². The van der Waals surface area contributed by atoms with E-state index in [0.717, 1.165) is 50.8 Å². The molecule has 3 rings (SSSR count). The van der Waals surface area contributed by atoms with Gasteiger partial charge >= 0.3 is 6.03 Å². The summed E-state index contributed by atoms with van der Waals surface area (Å²) < 4.78 is 2.06. The van der Waals surface area contributed by atoms with Gasteiger partial charge in [0, 0.05) is 45.0 Å². The van der Waals surface area contributed by atoms with E-state index >= 15 is 0 Å². The van der Waals surface area contributed by atoms with Crippen molar-refractivity contribution in [2.75, 3.05) is 39.3 Å².